The Hall–Kier alpha value is -1.85. The van der Waals surface area contributed by atoms with E-state index in [2.05, 4.69) is 61.1 Å². The predicted molar refractivity (Wildman–Crippen MR) is 91.1 cm³/mol. The van der Waals surface area contributed by atoms with Crippen molar-refractivity contribution in [3.63, 3.8) is 0 Å². The molecule has 0 spiro atoms. The molecule has 112 valence electrons. The van der Waals surface area contributed by atoms with Crippen LogP contribution in [0.15, 0.2) is 53.0 Å². The van der Waals surface area contributed by atoms with Crippen molar-refractivity contribution >= 4 is 32.9 Å². The molecular formula is C17H16BrN3O. The zero-order chi connectivity index (χ0) is 14.9. The van der Waals surface area contributed by atoms with Crippen LogP contribution in [0.25, 0.3) is 11.0 Å². The number of imidazole rings is 1. The van der Waals surface area contributed by atoms with Gasteiger partial charge in [-0.15, -0.1) is 0 Å². The lowest BCUT2D eigenvalue weighted by Crippen LogP contribution is -2.39. The molecule has 1 N–H and O–H groups in total. The number of fused-ring (bicyclic) bond motifs is 1. The maximum Gasteiger partial charge on any atom is 0.204 e. The average molecular weight is 358 g/mol. The number of benzene rings is 2. The number of H-pyrrole nitrogens is 1. The van der Waals surface area contributed by atoms with E-state index in [4.69, 9.17) is 4.74 Å². The molecule has 2 heterocycles. The van der Waals surface area contributed by atoms with Gasteiger partial charge in [0.15, 0.2) is 0 Å². The molecule has 0 aliphatic carbocycles. The highest BCUT2D eigenvalue weighted by Crippen LogP contribution is 2.26. The van der Waals surface area contributed by atoms with Crippen molar-refractivity contribution < 1.29 is 4.74 Å². The first-order chi connectivity index (χ1) is 10.8. The summed E-state index contributed by atoms with van der Waals surface area (Å²) in [6, 6.07) is 16.4. The number of halogens is 1. The van der Waals surface area contributed by atoms with Gasteiger partial charge in [-0.3, -0.25) is 0 Å². The molecule has 3 aromatic rings. The molecule has 0 saturated carbocycles. The molecule has 22 heavy (non-hydrogen) atoms. The number of morpholine rings is 1. The maximum absolute atomic E-state index is 5.93. The number of anilines is 1. The molecule has 0 bridgehead atoms. The first-order valence-corrected chi connectivity index (χ1v) is 8.16. The summed E-state index contributed by atoms with van der Waals surface area (Å²) in [5.74, 6) is 0.923. The van der Waals surface area contributed by atoms with Crippen molar-refractivity contribution in [2.75, 3.05) is 24.6 Å². The third kappa shape index (κ3) is 2.62. The Balaban J connectivity index is 1.58. The Morgan fingerprint density at radius 2 is 1.95 bits per heavy atom. The van der Waals surface area contributed by atoms with Gasteiger partial charge in [-0.2, -0.15) is 0 Å². The van der Waals surface area contributed by atoms with E-state index < -0.39 is 0 Å². The van der Waals surface area contributed by atoms with Crippen LogP contribution in [0.4, 0.5) is 5.95 Å². The normalized spacial score (nSPS) is 18.8. The molecular weight excluding hydrogens is 342 g/mol. The number of aromatic nitrogens is 2. The Labute approximate surface area is 137 Å². The van der Waals surface area contributed by atoms with E-state index in [1.165, 1.54) is 5.56 Å². The van der Waals surface area contributed by atoms with Gasteiger partial charge in [-0.25, -0.2) is 4.98 Å². The van der Waals surface area contributed by atoms with Crippen LogP contribution in [-0.4, -0.2) is 29.7 Å². The quantitative estimate of drug-likeness (QED) is 0.755. The number of ether oxygens (including phenoxy) is 1. The molecule has 0 radical (unpaired) electrons. The lowest BCUT2D eigenvalue weighted by Gasteiger charge is -2.33. The van der Waals surface area contributed by atoms with Gasteiger partial charge in [-0.1, -0.05) is 40.2 Å². The third-order valence-electron chi connectivity index (χ3n) is 3.98. The fraction of sp³-hybridized carbons (Fsp3) is 0.235. The summed E-state index contributed by atoms with van der Waals surface area (Å²) in [5.41, 5.74) is 3.28. The minimum absolute atomic E-state index is 0.0788. The molecule has 0 amide bonds. The maximum atomic E-state index is 5.93. The summed E-state index contributed by atoms with van der Waals surface area (Å²) >= 11 is 3.47. The lowest BCUT2D eigenvalue weighted by atomic mass is 10.1. The number of nitrogens with one attached hydrogen (secondary N) is 1. The van der Waals surface area contributed by atoms with Crippen LogP contribution in [0.1, 0.15) is 11.7 Å². The fourth-order valence-electron chi connectivity index (χ4n) is 2.81. The van der Waals surface area contributed by atoms with Crippen molar-refractivity contribution in [1.29, 1.82) is 0 Å². The van der Waals surface area contributed by atoms with E-state index >= 15 is 0 Å². The van der Waals surface area contributed by atoms with Gasteiger partial charge in [-0.05, 0) is 29.8 Å². The molecule has 4 rings (SSSR count). The second-order valence-electron chi connectivity index (χ2n) is 5.43. The van der Waals surface area contributed by atoms with Gasteiger partial charge in [0, 0.05) is 11.0 Å². The first-order valence-electron chi connectivity index (χ1n) is 7.36. The number of para-hydroxylation sites is 2. The van der Waals surface area contributed by atoms with Gasteiger partial charge in [0.2, 0.25) is 5.95 Å². The van der Waals surface area contributed by atoms with Gasteiger partial charge >= 0.3 is 0 Å². The molecule has 1 unspecified atom stereocenters. The molecule has 1 aliphatic heterocycles. The Morgan fingerprint density at radius 3 is 2.77 bits per heavy atom. The van der Waals surface area contributed by atoms with Crippen LogP contribution >= 0.6 is 15.9 Å². The van der Waals surface area contributed by atoms with Gasteiger partial charge < -0.3 is 14.6 Å². The van der Waals surface area contributed by atoms with Crippen LogP contribution in [0.5, 0.6) is 0 Å². The lowest BCUT2D eigenvalue weighted by molar-refractivity contribution is 0.0393. The molecule has 1 saturated heterocycles. The smallest absolute Gasteiger partial charge is 0.204 e. The van der Waals surface area contributed by atoms with Crippen molar-refractivity contribution in [1.82, 2.24) is 9.97 Å². The van der Waals surface area contributed by atoms with E-state index in [1.54, 1.807) is 0 Å². The average Bonchev–Trinajstić information content (AvgIpc) is 3.00. The van der Waals surface area contributed by atoms with E-state index in [0.29, 0.717) is 6.61 Å². The molecule has 4 nitrogen and oxygen atoms in total. The van der Waals surface area contributed by atoms with Crippen LogP contribution in [0.3, 0.4) is 0 Å². The highest BCUT2D eigenvalue weighted by Gasteiger charge is 2.24. The van der Waals surface area contributed by atoms with Gasteiger partial charge in [0.05, 0.1) is 24.2 Å². The van der Waals surface area contributed by atoms with Crippen LogP contribution in [-0.2, 0) is 4.74 Å². The van der Waals surface area contributed by atoms with E-state index in [-0.39, 0.29) is 6.10 Å². The summed E-state index contributed by atoms with van der Waals surface area (Å²) in [4.78, 5) is 10.3. The van der Waals surface area contributed by atoms with Crippen LogP contribution < -0.4 is 4.90 Å². The second kappa shape index (κ2) is 5.74. The number of hydrogen-bond donors (Lipinski definition) is 1. The Kier molecular flexibility index (Phi) is 3.60. The summed E-state index contributed by atoms with van der Waals surface area (Å²) in [6.07, 6.45) is 0.0788. The molecule has 1 fully saturated rings. The highest BCUT2D eigenvalue weighted by atomic mass is 79.9. The predicted octanol–water partition coefficient (Wildman–Crippen LogP) is 3.90. The SMILES string of the molecule is Brc1ccc(C2CN(c3nc4ccccc4[nH]3)CCO2)cc1. The second-order valence-corrected chi connectivity index (χ2v) is 6.35. The van der Waals surface area contributed by atoms with Crippen LogP contribution in [0, 0.1) is 0 Å². The monoisotopic (exact) mass is 357 g/mol. The molecule has 1 atom stereocenters. The first kappa shape index (κ1) is 13.8. The Bertz CT molecular complexity index is 751. The third-order valence-corrected chi connectivity index (χ3v) is 4.51. The minimum Gasteiger partial charge on any atom is -0.370 e. The Morgan fingerprint density at radius 1 is 1.14 bits per heavy atom. The zero-order valence-electron chi connectivity index (χ0n) is 12.0. The summed E-state index contributed by atoms with van der Waals surface area (Å²) < 4.78 is 7.02. The van der Waals surface area contributed by atoms with Crippen molar-refractivity contribution in [2.24, 2.45) is 0 Å². The summed E-state index contributed by atoms with van der Waals surface area (Å²) in [7, 11) is 0. The number of rotatable bonds is 2. The summed E-state index contributed by atoms with van der Waals surface area (Å²) in [6.45, 7) is 2.37. The van der Waals surface area contributed by atoms with Gasteiger partial charge in [0.25, 0.3) is 0 Å². The molecule has 5 heteroatoms. The number of hydrogen-bond acceptors (Lipinski definition) is 3. The zero-order valence-corrected chi connectivity index (χ0v) is 13.6. The van der Waals surface area contributed by atoms with E-state index in [0.717, 1.165) is 34.5 Å². The van der Waals surface area contributed by atoms with Gasteiger partial charge in [0.1, 0.15) is 6.10 Å². The standard InChI is InChI=1S/C17H16BrN3O/c18-13-7-5-12(6-8-13)16-11-21(9-10-22-16)17-19-14-3-1-2-4-15(14)20-17/h1-8,16H,9-11H2,(H,19,20). The van der Waals surface area contributed by atoms with Crippen molar-refractivity contribution in [2.45, 2.75) is 6.10 Å². The molecule has 1 aromatic heterocycles. The molecule has 1 aliphatic rings. The number of nitrogens with zero attached hydrogens (tertiary/aromatic N) is 2. The highest BCUT2D eigenvalue weighted by molar-refractivity contribution is 9.10. The largest absolute Gasteiger partial charge is 0.370 e. The van der Waals surface area contributed by atoms with Crippen molar-refractivity contribution in [3.8, 4) is 0 Å². The van der Waals surface area contributed by atoms with E-state index in [1.807, 2.05) is 18.2 Å². The van der Waals surface area contributed by atoms with E-state index in [9.17, 15) is 0 Å². The molecule has 2 aromatic carbocycles. The topological polar surface area (TPSA) is 41.2 Å². The van der Waals surface area contributed by atoms with Crippen molar-refractivity contribution in [3.05, 3.63) is 58.6 Å². The minimum atomic E-state index is 0.0788. The van der Waals surface area contributed by atoms with Crippen LogP contribution in [0.2, 0.25) is 0 Å². The number of aromatic amines is 1. The fourth-order valence-corrected chi connectivity index (χ4v) is 3.07. The summed E-state index contributed by atoms with van der Waals surface area (Å²) in [5, 5.41) is 0.